The van der Waals surface area contributed by atoms with Crippen LogP contribution in [-0.4, -0.2) is 48.0 Å². The van der Waals surface area contributed by atoms with Crippen molar-refractivity contribution in [2.75, 3.05) is 31.8 Å². The van der Waals surface area contributed by atoms with E-state index in [1.807, 2.05) is 0 Å². The van der Waals surface area contributed by atoms with Gasteiger partial charge in [-0.3, -0.25) is 14.9 Å². The Kier molecular flexibility index (Phi) is 6.82. The van der Waals surface area contributed by atoms with Crippen LogP contribution in [0, 0.1) is 22.9 Å². The van der Waals surface area contributed by atoms with Gasteiger partial charge in [-0.05, 0) is 36.8 Å². The maximum Gasteiger partial charge on any atom is 0.341 e. The summed E-state index contributed by atoms with van der Waals surface area (Å²) in [4.78, 5) is 36.6. The Labute approximate surface area is 174 Å². The largest absolute Gasteiger partial charge is 0.465 e. The van der Waals surface area contributed by atoms with Crippen LogP contribution in [0.1, 0.15) is 25.6 Å². The predicted molar refractivity (Wildman–Crippen MR) is 111 cm³/mol. The highest BCUT2D eigenvalue weighted by Gasteiger charge is 2.27. The van der Waals surface area contributed by atoms with Crippen LogP contribution in [0.4, 0.5) is 20.8 Å². The van der Waals surface area contributed by atoms with Crippen molar-refractivity contribution in [2.45, 2.75) is 6.92 Å². The fraction of sp³-hybridized carbons (Fsp3) is 0.235. The average Bonchev–Trinajstić information content (AvgIpc) is 2.97. The van der Waals surface area contributed by atoms with E-state index >= 15 is 0 Å². The smallest absolute Gasteiger partial charge is 0.341 e. The van der Waals surface area contributed by atoms with Crippen LogP contribution in [-0.2, 0) is 4.74 Å². The minimum absolute atomic E-state index is 0.0358. The summed E-state index contributed by atoms with van der Waals surface area (Å²) < 4.78 is 18.1. The molecule has 0 fully saturated rings. The molecular formula is C17H17FN4O5S2. The van der Waals surface area contributed by atoms with Crippen LogP contribution in [0.5, 0.6) is 0 Å². The van der Waals surface area contributed by atoms with Crippen LogP contribution in [0.3, 0.4) is 0 Å². The van der Waals surface area contributed by atoms with Crippen molar-refractivity contribution in [1.29, 1.82) is 0 Å². The first-order chi connectivity index (χ1) is 13.6. The monoisotopic (exact) mass is 440 g/mol. The molecule has 0 atom stereocenters. The third kappa shape index (κ3) is 4.84. The fourth-order valence-corrected chi connectivity index (χ4v) is 3.87. The minimum atomic E-state index is -0.769. The number of nitro groups is 1. The highest BCUT2D eigenvalue weighted by Crippen LogP contribution is 2.34. The molecule has 1 amide bonds. The third-order valence-electron chi connectivity index (χ3n) is 3.77. The van der Waals surface area contributed by atoms with Crippen LogP contribution in [0.25, 0.3) is 0 Å². The maximum atomic E-state index is 13.3. The van der Waals surface area contributed by atoms with Gasteiger partial charge in [0.05, 0.1) is 28.5 Å². The highest BCUT2D eigenvalue weighted by atomic mass is 32.1. The number of nitro benzene ring substituents is 1. The molecule has 154 valence electrons. The van der Waals surface area contributed by atoms with Crippen LogP contribution in [0.2, 0.25) is 0 Å². The number of nitrogens with zero attached hydrogens (tertiary/aromatic N) is 2. The van der Waals surface area contributed by atoms with Gasteiger partial charge in [-0.25, -0.2) is 9.18 Å². The number of carbonyl (C=O) groups is 2. The zero-order chi connectivity index (χ0) is 21.9. The Balaban J connectivity index is 2.37. The first-order valence-electron chi connectivity index (χ1n) is 8.02. The fourth-order valence-electron chi connectivity index (χ4n) is 2.37. The molecule has 0 saturated heterocycles. The first-order valence-corrected chi connectivity index (χ1v) is 9.24. The SMILES string of the molecule is COC(=O)c1c(NC(=S)Nc2ccc(F)cc2[N+](=O)[O-])sc(C(=O)N(C)C)c1C. The summed E-state index contributed by atoms with van der Waals surface area (Å²) in [6.07, 6.45) is 0. The zero-order valence-electron chi connectivity index (χ0n) is 15.9. The Morgan fingerprint density at radius 1 is 1.31 bits per heavy atom. The van der Waals surface area contributed by atoms with E-state index in [0.29, 0.717) is 10.4 Å². The van der Waals surface area contributed by atoms with E-state index < -0.39 is 22.4 Å². The lowest BCUT2D eigenvalue weighted by molar-refractivity contribution is -0.384. The van der Waals surface area contributed by atoms with Crippen LogP contribution < -0.4 is 10.6 Å². The summed E-state index contributed by atoms with van der Waals surface area (Å²) in [5.41, 5.74) is -0.00127. The summed E-state index contributed by atoms with van der Waals surface area (Å²) in [6, 6.07) is 2.97. The normalized spacial score (nSPS) is 10.2. The molecule has 2 aromatic rings. The molecule has 0 spiro atoms. The van der Waals surface area contributed by atoms with Gasteiger partial charge in [0.25, 0.3) is 11.6 Å². The van der Waals surface area contributed by atoms with Gasteiger partial charge in [-0.1, -0.05) is 0 Å². The Bertz CT molecular complexity index is 1010. The molecule has 0 aliphatic rings. The van der Waals surface area contributed by atoms with E-state index in [2.05, 4.69) is 10.6 Å². The van der Waals surface area contributed by atoms with E-state index in [4.69, 9.17) is 17.0 Å². The molecule has 1 heterocycles. The molecule has 2 rings (SSSR count). The van der Waals surface area contributed by atoms with E-state index in [9.17, 15) is 24.1 Å². The number of hydrogen-bond donors (Lipinski definition) is 2. The summed E-state index contributed by atoms with van der Waals surface area (Å²) in [6.45, 7) is 1.60. The molecule has 1 aromatic heterocycles. The Morgan fingerprint density at radius 3 is 2.52 bits per heavy atom. The second kappa shape index (κ2) is 8.92. The molecule has 0 aliphatic heterocycles. The number of halogens is 1. The van der Waals surface area contributed by atoms with Crippen molar-refractivity contribution in [3.05, 3.63) is 50.1 Å². The second-order valence-electron chi connectivity index (χ2n) is 5.95. The average molecular weight is 440 g/mol. The number of esters is 1. The quantitative estimate of drug-likeness (QED) is 0.315. The molecule has 0 radical (unpaired) electrons. The number of methoxy groups -OCH3 is 1. The zero-order valence-corrected chi connectivity index (χ0v) is 17.5. The van der Waals surface area contributed by atoms with E-state index in [1.54, 1.807) is 21.0 Å². The van der Waals surface area contributed by atoms with Crippen molar-refractivity contribution in [3.8, 4) is 0 Å². The molecule has 1 aromatic carbocycles. The molecule has 12 heteroatoms. The predicted octanol–water partition coefficient (Wildman–Crippen LogP) is 3.40. The number of carbonyl (C=O) groups excluding carboxylic acids is 2. The number of anilines is 2. The number of ether oxygens (including phenoxy) is 1. The molecular weight excluding hydrogens is 423 g/mol. The number of amides is 1. The maximum absolute atomic E-state index is 13.3. The van der Waals surface area contributed by atoms with Gasteiger partial charge in [-0.2, -0.15) is 0 Å². The first kappa shape index (κ1) is 22.2. The van der Waals surface area contributed by atoms with Crippen molar-refractivity contribution in [1.82, 2.24) is 4.90 Å². The van der Waals surface area contributed by atoms with Gasteiger partial charge in [0.15, 0.2) is 5.11 Å². The van der Waals surface area contributed by atoms with Gasteiger partial charge in [-0.15, -0.1) is 11.3 Å². The lowest BCUT2D eigenvalue weighted by Crippen LogP contribution is -2.21. The van der Waals surface area contributed by atoms with Crippen LogP contribution in [0.15, 0.2) is 18.2 Å². The van der Waals surface area contributed by atoms with Crippen molar-refractivity contribution < 1.29 is 23.6 Å². The molecule has 0 saturated carbocycles. The molecule has 0 unspecified atom stereocenters. The van der Waals surface area contributed by atoms with Gasteiger partial charge in [0.2, 0.25) is 0 Å². The summed E-state index contributed by atoms with van der Waals surface area (Å²) in [5, 5.41) is 16.6. The lowest BCUT2D eigenvalue weighted by atomic mass is 10.1. The van der Waals surface area contributed by atoms with Gasteiger partial charge in [0.1, 0.15) is 16.5 Å². The second-order valence-corrected chi connectivity index (χ2v) is 7.38. The standard InChI is InChI=1S/C17H17FN4O5S2/c1-8-12(16(24)27-4)14(29-13(8)15(23)21(2)3)20-17(28)19-10-6-5-9(18)7-11(10)22(25)26/h5-7H,1-4H3,(H2,19,20,28). The summed E-state index contributed by atoms with van der Waals surface area (Å²) in [5.74, 6) is -1.75. The number of hydrogen-bond acceptors (Lipinski definition) is 7. The molecule has 0 aliphatic carbocycles. The molecule has 29 heavy (non-hydrogen) atoms. The number of thiocarbonyl (C=S) groups is 1. The lowest BCUT2D eigenvalue weighted by Gasteiger charge is -2.11. The number of benzene rings is 1. The molecule has 9 nitrogen and oxygen atoms in total. The molecule has 0 bridgehead atoms. The number of rotatable bonds is 5. The summed E-state index contributed by atoms with van der Waals surface area (Å²) in [7, 11) is 4.35. The summed E-state index contributed by atoms with van der Waals surface area (Å²) >= 11 is 6.16. The van der Waals surface area contributed by atoms with E-state index in [-0.39, 0.29) is 27.3 Å². The minimum Gasteiger partial charge on any atom is -0.465 e. The Morgan fingerprint density at radius 2 is 1.97 bits per heavy atom. The number of nitrogens with one attached hydrogen (secondary N) is 2. The Hall–Kier alpha value is -3.12. The van der Waals surface area contributed by atoms with Gasteiger partial charge >= 0.3 is 5.97 Å². The van der Waals surface area contributed by atoms with Crippen molar-refractivity contribution in [3.63, 3.8) is 0 Å². The molecule has 2 N–H and O–H groups in total. The van der Waals surface area contributed by atoms with Gasteiger partial charge < -0.3 is 20.3 Å². The highest BCUT2D eigenvalue weighted by molar-refractivity contribution is 7.80. The topological polar surface area (TPSA) is 114 Å². The van der Waals surface area contributed by atoms with Crippen molar-refractivity contribution >= 4 is 56.9 Å². The third-order valence-corrected chi connectivity index (χ3v) is 5.17. The van der Waals surface area contributed by atoms with Gasteiger partial charge in [0, 0.05) is 14.1 Å². The van der Waals surface area contributed by atoms with E-state index in [1.165, 1.54) is 18.1 Å². The number of thiophene rings is 1. The van der Waals surface area contributed by atoms with E-state index in [0.717, 1.165) is 23.5 Å². The van der Waals surface area contributed by atoms with Crippen LogP contribution >= 0.6 is 23.6 Å². The van der Waals surface area contributed by atoms with Crippen molar-refractivity contribution in [2.24, 2.45) is 0 Å².